The number of aromatic nitrogens is 5. The highest BCUT2D eigenvalue weighted by Crippen LogP contribution is 2.28. The van der Waals surface area contributed by atoms with Gasteiger partial charge in [-0.05, 0) is 42.0 Å². The molecule has 0 saturated heterocycles. The molecule has 0 unspecified atom stereocenters. The molecule has 2 heterocycles. The fraction of sp³-hybridized carbons (Fsp3) is 0.444. The van der Waals surface area contributed by atoms with Crippen molar-refractivity contribution in [3.63, 3.8) is 0 Å². The molecule has 0 amide bonds. The Kier molecular flexibility index (Phi) is 2.98. The molecule has 0 saturated carbocycles. The number of hydrogen-bond acceptors (Lipinski definition) is 3. The molecule has 16 heavy (non-hydrogen) atoms. The molecule has 1 N–H and O–H groups in total. The predicted octanol–water partition coefficient (Wildman–Crippen LogP) is 2.43. The summed E-state index contributed by atoms with van der Waals surface area (Å²) in [7, 11) is 1.89. The van der Waals surface area contributed by atoms with Crippen molar-refractivity contribution in [2.24, 2.45) is 7.05 Å². The molecule has 0 aliphatic heterocycles. The zero-order valence-electron chi connectivity index (χ0n) is 9.28. The summed E-state index contributed by atoms with van der Waals surface area (Å²) in [6.45, 7) is 4.76. The van der Waals surface area contributed by atoms with Gasteiger partial charge in [-0.2, -0.15) is 10.2 Å². The van der Waals surface area contributed by atoms with Gasteiger partial charge in [-0.3, -0.25) is 14.3 Å². The van der Waals surface area contributed by atoms with Crippen LogP contribution in [-0.4, -0.2) is 24.5 Å². The van der Waals surface area contributed by atoms with Crippen LogP contribution in [-0.2, 0) is 13.6 Å². The van der Waals surface area contributed by atoms with Crippen LogP contribution in [0, 0.1) is 11.7 Å². The minimum Gasteiger partial charge on any atom is -0.299 e. The van der Waals surface area contributed by atoms with E-state index >= 15 is 0 Å². The summed E-state index contributed by atoms with van der Waals surface area (Å²) in [6, 6.07) is 0. The highest BCUT2D eigenvalue weighted by Gasteiger charge is 2.17. The minimum atomic E-state index is 0.628. The van der Waals surface area contributed by atoms with Gasteiger partial charge in [-0.25, -0.2) is 0 Å². The number of aryl methyl sites for hydroxylation is 2. The first-order valence-corrected chi connectivity index (χ1v) is 6.11. The SMILES string of the molecule is CCn1c(-c2c(Br)c(C)nn2C)n[nH]c1=S. The van der Waals surface area contributed by atoms with Gasteiger partial charge in [0, 0.05) is 13.6 Å². The maximum absolute atomic E-state index is 5.17. The van der Waals surface area contributed by atoms with Crippen LogP contribution in [0.4, 0.5) is 0 Å². The topological polar surface area (TPSA) is 51.4 Å². The lowest BCUT2D eigenvalue weighted by molar-refractivity contribution is 0.723. The first kappa shape index (κ1) is 11.5. The zero-order chi connectivity index (χ0) is 11.9. The van der Waals surface area contributed by atoms with Crippen molar-refractivity contribution >= 4 is 28.1 Å². The maximum atomic E-state index is 5.17. The van der Waals surface area contributed by atoms with E-state index in [0.29, 0.717) is 4.77 Å². The average molecular weight is 302 g/mol. The monoisotopic (exact) mass is 301 g/mol. The van der Waals surface area contributed by atoms with Gasteiger partial charge < -0.3 is 0 Å². The lowest BCUT2D eigenvalue weighted by atomic mass is 10.3. The van der Waals surface area contributed by atoms with Crippen molar-refractivity contribution in [1.82, 2.24) is 24.5 Å². The summed E-state index contributed by atoms with van der Waals surface area (Å²) in [6.07, 6.45) is 0. The van der Waals surface area contributed by atoms with Crippen molar-refractivity contribution < 1.29 is 0 Å². The normalized spacial score (nSPS) is 11.0. The van der Waals surface area contributed by atoms with Gasteiger partial charge in [0.15, 0.2) is 10.6 Å². The molecule has 0 aliphatic rings. The van der Waals surface area contributed by atoms with Crippen molar-refractivity contribution in [3.8, 4) is 11.5 Å². The molecule has 2 aromatic heterocycles. The first-order valence-electron chi connectivity index (χ1n) is 4.91. The average Bonchev–Trinajstić information content (AvgIpc) is 2.70. The smallest absolute Gasteiger partial charge is 0.195 e. The number of nitrogens with one attached hydrogen (secondary N) is 1. The number of rotatable bonds is 2. The summed E-state index contributed by atoms with van der Waals surface area (Å²) in [5.74, 6) is 0.808. The third-order valence-electron chi connectivity index (χ3n) is 2.44. The third-order valence-corrected chi connectivity index (χ3v) is 3.70. The van der Waals surface area contributed by atoms with E-state index in [0.717, 1.165) is 28.2 Å². The highest BCUT2D eigenvalue weighted by molar-refractivity contribution is 9.10. The molecule has 7 heteroatoms. The van der Waals surface area contributed by atoms with E-state index in [2.05, 4.69) is 31.2 Å². The van der Waals surface area contributed by atoms with E-state index in [1.165, 1.54) is 0 Å². The van der Waals surface area contributed by atoms with Crippen LogP contribution < -0.4 is 0 Å². The quantitative estimate of drug-likeness (QED) is 0.867. The van der Waals surface area contributed by atoms with E-state index in [4.69, 9.17) is 12.2 Å². The van der Waals surface area contributed by atoms with Crippen LogP contribution in [0.2, 0.25) is 0 Å². The largest absolute Gasteiger partial charge is 0.299 e. The molecule has 0 radical (unpaired) electrons. The Bertz CT molecular complexity index is 579. The second-order valence-corrected chi connectivity index (χ2v) is 4.65. The van der Waals surface area contributed by atoms with E-state index < -0.39 is 0 Å². The van der Waals surface area contributed by atoms with Gasteiger partial charge in [0.1, 0.15) is 5.69 Å². The van der Waals surface area contributed by atoms with Gasteiger partial charge in [0.2, 0.25) is 0 Å². The number of aromatic amines is 1. The number of hydrogen-bond donors (Lipinski definition) is 1. The van der Waals surface area contributed by atoms with E-state index in [1.807, 2.05) is 25.5 Å². The molecule has 2 aromatic rings. The number of H-pyrrole nitrogens is 1. The molecule has 0 spiro atoms. The highest BCUT2D eigenvalue weighted by atomic mass is 79.9. The summed E-state index contributed by atoms with van der Waals surface area (Å²) < 4.78 is 5.33. The second-order valence-electron chi connectivity index (χ2n) is 3.47. The second kappa shape index (κ2) is 4.14. The lowest BCUT2D eigenvalue weighted by Gasteiger charge is -2.04. The lowest BCUT2D eigenvalue weighted by Crippen LogP contribution is -2.02. The summed E-state index contributed by atoms with van der Waals surface area (Å²) in [5.41, 5.74) is 1.88. The number of nitrogens with zero attached hydrogens (tertiary/aromatic N) is 4. The van der Waals surface area contributed by atoms with Crippen LogP contribution in [0.1, 0.15) is 12.6 Å². The number of halogens is 1. The molecule has 0 bridgehead atoms. The Morgan fingerprint density at radius 2 is 2.19 bits per heavy atom. The van der Waals surface area contributed by atoms with Crippen LogP contribution >= 0.6 is 28.1 Å². The van der Waals surface area contributed by atoms with Crippen LogP contribution in [0.25, 0.3) is 11.5 Å². The molecule has 2 rings (SSSR count). The molecule has 0 atom stereocenters. The molecule has 0 aromatic carbocycles. The van der Waals surface area contributed by atoms with Gasteiger partial charge in [-0.1, -0.05) is 0 Å². The van der Waals surface area contributed by atoms with Gasteiger partial charge in [0.25, 0.3) is 0 Å². The molecule has 86 valence electrons. The van der Waals surface area contributed by atoms with Crippen molar-refractivity contribution in [3.05, 3.63) is 14.9 Å². The Morgan fingerprint density at radius 1 is 1.50 bits per heavy atom. The van der Waals surface area contributed by atoms with Crippen LogP contribution in [0.5, 0.6) is 0 Å². The van der Waals surface area contributed by atoms with E-state index in [-0.39, 0.29) is 0 Å². The molecule has 5 nitrogen and oxygen atoms in total. The molecular formula is C9H12BrN5S. The van der Waals surface area contributed by atoms with Gasteiger partial charge >= 0.3 is 0 Å². The van der Waals surface area contributed by atoms with Crippen molar-refractivity contribution in [2.75, 3.05) is 0 Å². The first-order chi connectivity index (χ1) is 7.56. The van der Waals surface area contributed by atoms with E-state index in [9.17, 15) is 0 Å². The summed E-state index contributed by atoms with van der Waals surface area (Å²) >= 11 is 8.69. The minimum absolute atomic E-state index is 0.628. The zero-order valence-corrected chi connectivity index (χ0v) is 11.7. The fourth-order valence-electron chi connectivity index (χ4n) is 1.67. The van der Waals surface area contributed by atoms with E-state index in [1.54, 1.807) is 4.68 Å². The standard InChI is InChI=1S/C9H12BrN5S/c1-4-15-8(11-12-9(15)16)7-6(10)5(2)13-14(7)3/h4H2,1-3H3,(H,12,16). The fourth-order valence-corrected chi connectivity index (χ4v) is 2.44. The van der Waals surface area contributed by atoms with Crippen molar-refractivity contribution in [1.29, 1.82) is 0 Å². The molecule has 0 fully saturated rings. The predicted molar refractivity (Wildman–Crippen MR) is 67.7 cm³/mol. The Morgan fingerprint density at radius 3 is 2.69 bits per heavy atom. The summed E-state index contributed by atoms with van der Waals surface area (Å²) in [4.78, 5) is 0. The van der Waals surface area contributed by atoms with Crippen molar-refractivity contribution in [2.45, 2.75) is 20.4 Å². The molecular weight excluding hydrogens is 290 g/mol. The summed E-state index contributed by atoms with van der Waals surface area (Å²) in [5, 5.41) is 11.4. The molecule has 0 aliphatic carbocycles. The Hall–Kier alpha value is -0.950. The Labute approximate surface area is 107 Å². The van der Waals surface area contributed by atoms with Gasteiger partial charge in [-0.15, -0.1) is 0 Å². The van der Waals surface area contributed by atoms with Gasteiger partial charge in [0.05, 0.1) is 10.2 Å². The van der Waals surface area contributed by atoms with Crippen LogP contribution in [0.3, 0.4) is 0 Å². The maximum Gasteiger partial charge on any atom is 0.195 e. The third kappa shape index (κ3) is 1.63. The Balaban J connectivity index is 2.72. The van der Waals surface area contributed by atoms with Crippen LogP contribution in [0.15, 0.2) is 4.47 Å².